The van der Waals surface area contributed by atoms with Gasteiger partial charge >= 0.3 is 0 Å². The van der Waals surface area contributed by atoms with Crippen molar-refractivity contribution in [2.24, 2.45) is 5.73 Å². The Hall–Kier alpha value is -0.740. The molecule has 0 heterocycles. The van der Waals surface area contributed by atoms with Gasteiger partial charge in [-0.05, 0) is 12.8 Å². The second-order valence-electron chi connectivity index (χ2n) is 2.43. The highest BCUT2D eigenvalue weighted by molar-refractivity contribution is 5.56. The average Bonchev–Trinajstić information content (AvgIpc) is 2.01. The molecule has 0 aliphatic heterocycles. The van der Waals surface area contributed by atoms with E-state index in [2.05, 4.69) is 0 Å². The molecule has 2 unspecified atom stereocenters. The largest absolute Gasteiger partial charge is 0.393 e. The molecule has 0 aromatic heterocycles. The van der Waals surface area contributed by atoms with E-state index in [1.807, 2.05) is 0 Å². The second-order valence-corrected chi connectivity index (χ2v) is 2.43. The summed E-state index contributed by atoms with van der Waals surface area (Å²) in [5, 5.41) is 8.99. The summed E-state index contributed by atoms with van der Waals surface area (Å²) in [4.78, 5) is 19.9. The highest BCUT2D eigenvalue weighted by Gasteiger charge is 2.06. The summed E-state index contributed by atoms with van der Waals surface area (Å²) in [5.74, 6) is 0. The number of aliphatic hydroxyl groups excluding tert-OH is 1. The number of hydrogen-bond acceptors (Lipinski definition) is 4. The molecule has 64 valence electrons. The third-order valence-corrected chi connectivity index (χ3v) is 1.38. The fourth-order valence-electron chi connectivity index (χ4n) is 0.682. The van der Waals surface area contributed by atoms with Crippen LogP contribution in [0.3, 0.4) is 0 Å². The number of carbonyl (C=O) groups excluding carboxylic acids is 2. The Balaban J connectivity index is 3.36. The van der Waals surface area contributed by atoms with Crippen LogP contribution in [-0.2, 0) is 9.59 Å². The van der Waals surface area contributed by atoms with E-state index in [9.17, 15) is 9.59 Å². The van der Waals surface area contributed by atoms with E-state index in [1.54, 1.807) is 0 Å². The molecule has 0 bridgehead atoms. The lowest BCUT2D eigenvalue weighted by atomic mass is 10.1. The van der Waals surface area contributed by atoms with Crippen molar-refractivity contribution < 1.29 is 14.7 Å². The maximum atomic E-state index is 10.00. The predicted octanol–water partition coefficient (Wildman–Crippen LogP) is -0.757. The zero-order valence-corrected chi connectivity index (χ0v) is 6.27. The Kier molecular flexibility index (Phi) is 5.60. The van der Waals surface area contributed by atoms with Crippen LogP contribution >= 0.6 is 0 Å². The van der Waals surface area contributed by atoms with Gasteiger partial charge in [0, 0.05) is 6.42 Å². The van der Waals surface area contributed by atoms with Gasteiger partial charge in [0.2, 0.25) is 0 Å². The van der Waals surface area contributed by atoms with E-state index in [0.717, 1.165) is 0 Å². The Labute approximate surface area is 65.4 Å². The summed E-state index contributed by atoms with van der Waals surface area (Å²) >= 11 is 0. The molecular weight excluding hydrogens is 146 g/mol. The molecule has 2 atom stereocenters. The van der Waals surface area contributed by atoms with Crippen molar-refractivity contribution >= 4 is 12.6 Å². The van der Waals surface area contributed by atoms with Crippen LogP contribution in [0.2, 0.25) is 0 Å². The minimum atomic E-state index is -0.654. The quantitative estimate of drug-likeness (QED) is 0.499. The highest BCUT2D eigenvalue weighted by Crippen LogP contribution is 2.00. The summed E-state index contributed by atoms with van der Waals surface area (Å²) in [6, 6.07) is -0.517. The fourth-order valence-corrected chi connectivity index (χ4v) is 0.682. The summed E-state index contributed by atoms with van der Waals surface area (Å²) < 4.78 is 0. The van der Waals surface area contributed by atoms with Crippen LogP contribution in [0, 0.1) is 0 Å². The topological polar surface area (TPSA) is 80.4 Å². The molecule has 11 heavy (non-hydrogen) atoms. The van der Waals surface area contributed by atoms with Gasteiger partial charge in [0.1, 0.15) is 12.6 Å². The van der Waals surface area contributed by atoms with Gasteiger partial charge in [0.15, 0.2) is 0 Å². The first-order valence-corrected chi connectivity index (χ1v) is 3.53. The second kappa shape index (κ2) is 6.00. The van der Waals surface area contributed by atoms with Crippen molar-refractivity contribution in [1.82, 2.24) is 0 Å². The standard InChI is InChI=1S/C7H13NO3/c8-6(5-10)1-2-7(11)3-4-9/h4-7,11H,1-3,8H2. The molecule has 4 nitrogen and oxygen atoms in total. The average molecular weight is 159 g/mol. The molecule has 0 saturated carbocycles. The number of hydrogen-bond donors (Lipinski definition) is 2. The van der Waals surface area contributed by atoms with Crippen molar-refractivity contribution in [1.29, 1.82) is 0 Å². The zero-order chi connectivity index (χ0) is 8.69. The molecule has 0 aliphatic rings. The van der Waals surface area contributed by atoms with Crippen molar-refractivity contribution in [2.75, 3.05) is 0 Å². The third kappa shape index (κ3) is 5.69. The minimum absolute atomic E-state index is 0.117. The molecule has 0 aromatic rings. The lowest BCUT2D eigenvalue weighted by molar-refractivity contribution is -0.109. The van der Waals surface area contributed by atoms with E-state index >= 15 is 0 Å². The fraction of sp³-hybridized carbons (Fsp3) is 0.714. The molecule has 0 aromatic carbocycles. The molecule has 0 saturated heterocycles. The zero-order valence-electron chi connectivity index (χ0n) is 6.27. The van der Waals surface area contributed by atoms with Gasteiger partial charge in [-0.1, -0.05) is 0 Å². The van der Waals surface area contributed by atoms with Crippen LogP contribution in [0.4, 0.5) is 0 Å². The molecule has 0 fully saturated rings. The predicted molar refractivity (Wildman–Crippen MR) is 40.0 cm³/mol. The summed E-state index contributed by atoms with van der Waals surface area (Å²) in [6.07, 6.45) is 1.58. The van der Waals surface area contributed by atoms with E-state index in [0.29, 0.717) is 25.4 Å². The molecule has 0 rings (SSSR count). The lowest BCUT2D eigenvalue weighted by Crippen LogP contribution is -2.23. The Bertz CT molecular complexity index is 127. The van der Waals surface area contributed by atoms with Gasteiger partial charge < -0.3 is 20.4 Å². The molecule has 0 amide bonds. The number of carbonyl (C=O) groups is 2. The van der Waals surface area contributed by atoms with Crippen LogP contribution in [-0.4, -0.2) is 29.8 Å². The molecule has 0 aliphatic carbocycles. The van der Waals surface area contributed by atoms with Crippen LogP contribution < -0.4 is 5.73 Å². The third-order valence-electron chi connectivity index (χ3n) is 1.38. The van der Waals surface area contributed by atoms with Crippen LogP contribution in [0.1, 0.15) is 19.3 Å². The first kappa shape index (κ1) is 10.3. The van der Waals surface area contributed by atoms with Crippen molar-refractivity contribution in [3.05, 3.63) is 0 Å². The first-order chi connectivity index (χ1) is 5.20. The Morgan fingerprint density at radius 1 is 1.36 bits per heavy atom. The first-order valence-electron chi connectivity index (χ1n) is 3.53. The highest BCUT2D eigenvalue weighted by atomic mass is 16.3. The molecular formula is C7H13NO3. The minimum Gasteiger partial charge on any atom is -0.393 e. The van der Waals surface area contributed by atoms with Gasteiger partial charge in [-0.2, -0.15) is 0 Å². The van der Waals surface area contributed by atoms with Crippen molar-refractivity contribution in [3.63, 3.8) is 0 Å². The van der Waals surface area contributed by atoms with Gasteiger partial charge in [-0.3, -0.25) is 0 Å². The molecule has 0 spiro atoms. The van der Waals surface area contributed by atoms with Crippen molar-refractivity contribution in [3.8, 4) is 0 Å². The molecule has 0 radical (unpaired) electrons. The number of rotatable bonds is 6. The maximum absolute atomic E-state index is 10.00. The van der Waals surface area contributed by atoms with Gasteiger partial charge in [0.25, 0.3) is 0 Å². The van der Waals surface area contributed by atoms with Crippen LogP contribution in [0.25, 0.3) is 0 Å². The Morgan fingerprint density at radius 3 is 2.45 bits per heavy atom. The number of aldehydes is 2. The van der Waals surface area contributed by atoms with E-state index < -0.39 is 12.1 Å². The summed E-state index contributed by atoms with van der Waals surface area (Å²) in [5.41, 5.74) is 5.25. The summed E-state index contributed by atoms with van der Waals surface area (Å²) in [7, 11) is 0. The summed E-state index contributed by atoms with van der Waals surface area (Å²) in [6.45, 7) is 0. The normalized spacial score (nSPS) is 15.5. The maximum Gasteiger partial charge on any atom is 0.136 e. The monoisotopic (exact) mass is 159 g/mol. The molecule has 4 heteroatoms. The van der Waals surface area contributed by atoms with Gasteiger partial charge in [-0.25, -0.2) is 0 Å². The van der Waals surface area contributed by atoms with Gasteiger partial charge in [-0.15, -0.1) is 0 Å². The van der Waals surface area contributed by atoms with E-state index in [-0.39, 0.29) is 6.42 Å². The van der Waals surface area contributed by atoms with Gasteiger partial charge in [0.05, 0.1) is 12.1 Å². The van der Waals surface area contributed by atoms with E-state index in [1.165, 1.54) is 0 Å². The van der Waals surface area contributed by atoms with Crippen molar-refractivity contribution in [2.45, 2.75) is 31.4 Å². The number of aliphatic hydroxyl groups is 1. The van der Waals surface area contributed by atoms with Crippen LogP contribution in [0.15, 0.2) is 0 Å². The number of nitrogens with two attached hydrogens (primary N) is 1. The molecule has 3 N–H and O–H groups in total. The van der Waals surface area contributed by atoms with Crippen LogP contribution in [0.5, 0.6) is 0 Å². The van der Waals surface area contributed by atoms with E-state index in [4.69, 9.17) is 10.8 Å². The lowest BCUT2D eigenvalue weighted by Gasteiger charge is -2.07. The SMILES string of the molecule is NC(C=O)CCC(O)CC=O. The smallest absolute Gasteiger partial charge is 0.136 e. The Morgan fingerprint density at radius 2 is 2.00 bits per heavy atom.